The highest BCUT2D eigenvalue weighted by Gasteiger charge is 2.08. The van der Waals surface area contributed by atoms with E-state index in [0.717, 1.165) is 0 Å². The summed E-state index contributed by atoms with van der Waals surface area (Å²) in [6, 6.07) is 4.13. The highest BCUT2D eigenvalue weighted by molar-refractivity contribution is 5.60. The van der Waals surface area contributed by atoms with Crippen LogP contribution in [0.4, 0.5) is 0 Å². The number of aromatic hydroxyl groups is 1. The Morgan fingerprint density at radius 3 is 2.69 bits per heavy atom. The van der Waals surface area contributed by atoms with Gasteiger partial charge in [-0.15, -0.1) is 0 Å². The van der Waals surface area contributed by atoms with E-state index in [1.807, 2.05) is 0 Å². The number of phenols is 1. The van der Waals surface area contributed by atoms with Crippen LogP contribution < -0.4 is 0 Å². The lowest BCUT2D eigenvalue weighted by atomic mass is 10.1. The fourth-order valence-electron chi connectivity index (χ4n) is 0.995. The molecule has 0 spiro atoms. The third-order valence-electron chi connectivity index (χ3n) is 1.74. The van der Waals surface area contributed by atoms with Crippen LogP contribution in [-0.2, 0) is 11.4 Å². The van der Waals surface area contributed by atoms with Crippen molar-refractivity contribution in [2.45, 2.75) is 12.7 Å². The predicted octanol–water partition coefficient (Wildman–Crippen LogP) is 0.117. The van der Waals surface area contributed by atoms with Crippen LogP contribution in [-0.4, -0.2) is 21.6 Å². The van der Waals surface area contributed by atoms with Crippen LogP contribution in [0, 0.1) is 0 Å². The van der Waals surface area contributed by atoms with E-state index in [-0.39, 0.29) is 12.4 Å². The number of aldehydes is 1. The predicted molar refractivity (Wildman–Crippen MR) is 45.1 cm³/mol. The van der Waals surface area contributed by atoms with Gasteiger partial charge in [-0.05, 0) is 17.7 Å². The number of carbonyl (C=O) groups is 1. The zero-order chi connectivity index (χ0) is 9.84. The average Bonchev–Trinajstić information content (AvgIpc) is 2.17. The highest BCUT2D eigenvalue weighted by atomic mass is 16.3. The third kappa shape index (κ3) is 2.05. The molecular formula is C9H10O4. The number of aliphatic hydroxyl groups excluding tert-OH is 2. The van der Waals surface area contributed by atoms with Gasteiger partial charge in [-0.1, -0.05) is 6.07 Å². The Labute approximate surface area is 75.1 Å². The summed E-state index contributed by atoms with van der Waals surface area (Å²) in [5.74, 6) is -0.0515. The number of carbonyl (C=O) groups excluding carboxylic acids is 1. The Kier molecular flexibility index (Phi) is 3.00. The molecule has 4 nitrogen and oxygen atoms in total. The maximum Gasteiger partial charge on any atom is 0.153 e. The molecule has 0 heterocycles. The van der Waals surface area contributed by atoms with Crippen molar-refractivity contribution in [2.75, 3.05) is 0 Å². The van der Waals surface area contributed by atoms with Gasteiger partial charge in [0.15, 0.2) is 6.29 Å². The second kappa shape index (κ2) is 4.02. The van der Waals surface area contributed by atoms with Crippen LogP contribution in [0.3, 0.4) is 0 Å². The lowest BCUT2D eigenvalue weighted by Gasteiger charge is -2.06. The fourth-order valence-corrected chi connectivity index (χ4v) is 0.995. The molecular weight excluding hydrogens is 172 g/mol. The number of hydrogen-bond donors (Lipinski definition) is 3. The molecule has 4 heteroatoms. The number of rotatable bonds is 3. The van der Waals surface area contributed by atoms with Gasteiger partial charge in [-0.3, -0.25) is 0 Å². The number of aliphatic hydroxyl groups is 2. The van der Waals surface area contributed by atoms with Crippen molar-refractivity contribution in [3.05, 3.63) is 29.3 Å². The normalized spacial score (nSPS) is 12.5. The first-order valence-corrected chi connectivity index (χ1v) is 3.75. The maximum atomic E-state index is 10.2. The van der Waals surface area contributed by atoms with Crippen LogP contribution in [0.15, 0.2) is 18.2 Å². The molecule has 1 aromatic carbocycles. The molecule has 0 saturated carbocycles. The zero-order valence-corrected chi connectivity index (χ0v) is 6.84. The van der Waals surface area contributed by atoms with Gasteiger partial charge in [-0.25, -0.2) is 0 Å². The molecule has 0 fully saturated rings. The van der Waals surface area contributed by atoms with Crippen LogP contribution in [0.25, 0.3) is 0 Å². The second-order valence-electron chi connectivity index (χ2n) is 2.63. The lowest BCUT2D eigenvalue weighted by molar-refractivity contribution is -0.115. The van der Waals surface area contributed by atoms with Crippen LogP contribution >= 0.6 is 0 Å². The largest absolute Gasteiger partial charge is 0.508 e. The summed E-state index contributed by atoms with van der Waals surface area (Å²) >= 11 is 0. The topological polar surface area (TPSA) is 77.8 Å². The monoisotopic (exact) mass is 182 g/mol. The fraction of sp³-hybridized carbons (Fsp3) is 0.222. The molecule has 1 rings (SSSR count). The molecule has 0 amide bonds. The molecule has 3 N–H and O–H groups in total. The van der Waals surface area contributed by atoms with Gasteiger partial charge in [0.1, 0.15) is 11.9 Å². The summed E-state index contributed by atoms with van der Waals surface area (Å²) in [7, 11) is 0. The average molecular weight is 182 g/mol. The van der Waals surface area contributed by atoms with Crippen LogP contribution in [0.1, 0.15) is 17.2 Å². The van der Waals surface area contributed by atoms with Crippen molar-refractivity contribution in [3.8, 4) is 5.75 Å². The van der Waals surface area contributed by atoms with Crippen molar-refractivity contribution in [1.82, 2.24) is 0 Å². The molecule has 0 unspecified atom stereocenters. The van der Waals surface area contributed by atoms with Gasteiger partial charge in [0.05, 0.1) is 6.61 Å². The van der Waals surface area contributed by atoms with Crippen molar-refractivity contribution in [3.63, 3.8) is 0 Å². The van der Waals surface area contributed by atoms with Crippen molar-refractivity contribution >= 4 is 6.29 Å². The first kappa shape index (κ1) is 9.70. The molecule has 0 radical (unpaired) electrons. The Balaban J connectivity index is 3.05. The lowest BCUT2D eigenvalue weighted by Crippen LogP contribution is -1.99. The van der Waals surface area contributed by atoms with E-state index in [2.05, 4.69) is 0 Å². The van der Waals surface area contributed by atoms with E-state index in [9.17, 15) is 4.79 Å². The Bertz CT molecular complexity index is 308. The molecule has 0 bridgehead atoms. The van der Waals surface area contributed by atoms with E-state index < -0.39 is 6.10 Å². The number of benzene rings is 1. The molecule has 0 aromatic heterocycles. The standard InChI is InChI=1S/C9H10O4/c10-4-7-3-6(9(13)5-11)1-2-8(7)12/h1-3,5,9-10,12-13H,4H2/t9-/m1/s1. The molecule has 13 heavy (non-hydrogen) atoms. The number of hydrogen-bond acceptors (Lipinski definition) is 4. The summed E-state index contributed by atoms with van der Waals surface area (Å²) in [5.41, 5.74) is 0.648. The second-order valence-corrected chi connectivity index (χ2v) is 2.63. The minimum absolute atomic E-state index is 0.0515. The van der Waals surface area contributed by atoms with Crippen LogP contribution in [0.2, 0.25) is 0 Å². The summed E-state index contributed by atoms with van der Waals surface area (Å²) < 4.78 is 0. The molecule has 0 aliphatic carbocycles. The SMILES string of the molecule is O=C[C@@H](O)c1ccc(O)c(CO)c1. The van der Waals surface area contributed by atoms with Crippen molar-refractivity contribution in [1.29, 1.82) is 0 Å². The summed E-state index contributed by atoms with van der Waals surface area (Å²) in [6.45, 7) is -0.328. The van der Waals surface area contributed by atoms with Gasteiger partial charge in [-0.2, -0.15) is 0 Å². The minimum Gasteiger partial charge on any atom is -0.508 e. The van der Waals surface area contributed by atoms with Gasteiger partial charge < -0.3 is 20.1 Å². The van der Waals surface area contributed by atoms with Gasteiger partial charge in [0.25, 0.3) is 0 Å². The zero-order valence-electron chi connectivity index (χ0n) is 6.84. The molecule has 0 aliphatic heterocycles. The summed E-state index contributed by atoms with van der Waals surface area (Å²) in [6.07, 6.45) is -0.820. The molecule has 70 valence electrons. The van der Waals surface area contributed by atoms with E-state index in [1.54, 1.807) is 0 Å². The van der Waals surface area contributed by atoms with Crippen LogP contribution in [0.5, 0.6) is 5.75 Å². The first-order valence-electron chi connectivity index (χ1n) is 3.75. The third-order valence-corrected chi connectivity index (χ3v) is 1.74. The van der Waals surface area contributed by atoms with E-state index in [0.29, 0.717) is 17.4 Å². The summed E-state index contributed by atoms with van der Waals surface area (Å²) in [5, 5.41) is 27.0. The smallest absolute Gasteiger partial charge is 0.153 e. The minimum atomic E-state index is -1.20. The quantitative estimate of drug-likeness (QED) is 0.580. The highest BCUT2D eigenvalue weighted by Crippen LogP contribution is 2.21. The van der Waals surface area contributed by atoms with Gasteiger partial charge >= 0.3 is 0 Å². The summed E-state index contributed by atoms with van der Waals surface area (Å²) in [4.78, 5) is 10.2. The van der Waals surface area contributed by atoms with E-state index in [4.69, 9.17) is 15.3 Å². The Morgan fingerprint density at radius 2 is 2.15 bits per heavy atom. The van der Waals surface area contributed by atoms with E-state index >= 15 is 0 Å². The molecule has 0 saturated heterocycles. The Morgan fingerprint density at radius 1 is 1.46 bits per heavy atom. The van der Waals surface area contributed by atoms with Gasteiger partial charge in [0.2, 0.25) is 0 Å². The van der Waals surface area contributed by atoms with Gasteiger partial charge in [0, 0.05) is 5.56 Å². The molecule has 1 atom stereocenters. The van der Waals surface area contributed by atoms with Crippen molar-refractivity contribution in [2.24, 2.45) is 0 Å². The van der Waals surface area contributed by atoms with Crippen molar-refractivity contribution < 1.29 is 20.1 Å². The first-order chi connectivity index (χ1) is 6.19. The molecule has 0 aliphatic rings. The molecule has 1 aromatic rings. The van der Waals surface area contributed by atoms with E-state index in [1.165, 1.54) is 18.2 Å². The maximum absolute atomic E-state index is 10.2. The Hall–Kier alpha value is -1.39.